The lowest BCUT2D eigenvalue weighted by Gasteiger charge is -2.34. The lowest BCUT2D eigenvalue weighted by atomic mass is 9.69. The summed E-state index contributed by atoms with van der Waals surface area (Å²) in [7, 11) is 0. The van der Waals surface area contributed by atoms with E-state index in [4.69, 9.17) is 0 Å². The quantitative estimate of drug-likeness (QED) is 0.847. The van der Waals surface area contributed by atoms with Gasteiger partial charge in [-0.05, 0) is 36.5 Å². The summed E-state index contributed by atoms with van der Waals surface area (Å²) in [4.78, 5) is 11.8. The molecule has 0 atom stereocenters. The first-order valence-corrected chi connectivity index (χ1v) is 7.94. The second kappa shape index (κ2) is 5.76. The van der Waals surface area contributed by atoms with Crippen LogP contribution in [0.15, 0.2) is 16.6 Å². The van der Waals surface area contributed by atoms with Crippen molar-refractivity contribution in [2.45, 2.75) is 57.3 Å². The number of rotatable bonds is 3. The minimum Gasteiger partial charge on any atom is -0.508 e. The van der Waals surface area contributed by atoms with Gasteiger partial charge in [-0.1, -0.05) is 49.0 Å². The van der Waals surface area contributed by atoms with Crippen molar-refractivity contribution in [3.8, 4) is 5.75 Å². The number of carbonyl (C=O) groups is 1. The zero-order valence-corrected chi connectivity index (χ0v) is 13.5. The van der Waals surface area contributed by atoms with Crippen LogP contribution in [0, 0.1) is 0 Å². The van der Waals surface area contributed by atoms with Crippen LogP contribution in [0.1, 0.15) is 63.0 Å². The molecule has 0 radical (unpaired) electrons. The minimum absolute atomic E-state index is 0.112. The van der Waals surface area contributed by atoms with E-state index in [2.05, 4.69) is 15.9 Å². The number of aliphatic carboxylic acids is 1. The molecule has 4 heteroatoms. The first-order chi connectivity index (χ1) is 9.38. The highest BCUT2D eigenvalue weighted by atomic mass is 79.9. The summed E-state index contributed by atoms with van der Waals surface area (Å²) in [5.74, 6) is -0.436. The molecule has 2 rings (SSSR count). The summed E-state index contributed by atoms with van der Waals surface area (Å²) in [6.45, 7) is 4.10. The lowest BCUT2D eigenvalue weighted by molar-refractivity contribution is -0.145. The van der Waals surface area contributed by atoms with E-state index in [0.717, 1.165) is 29.3 Å². The van der Waals surface area contributed by atoms with Crippen LogP contribution in [-0.4, -0.2) is 16.2 Å². The van der Waals surface area contributed by atoms with Gasteiger partial charge in [-0.3, -0.25) is 4.79 Å². The van der Waals surface area contributed by atoms with E-state index in [1.165, 1.54) is 0 Å². The maximum atomic E-state index is 11.8. The van der Waals surface area contributed by atoms with E-state index in [1.807, 2.05) is 19.9 Å². The molecular formula is C16H21BrO3. The molecule has 0 unspecified atom stereocenters. The van der Waals surface area contributed by atoms with Crippen LogP contribution in [0.5, 0.6) is 5.75 Å². The predicted molar refractivity (Wildman–Crippen MR) is 82.3 cm³/mol. The van der Waals surface area contributed by atoms with Crippen molar-refractivity contribution in [2.24, 2.45) is 0 Å². The fraction of sp³-hybridized carbons (Fsp3) is 0.562. The molecule has 0 bridgehead atoms. The van der Waals surface area contributed by atoms with Gasteiger partial charge in [0.25, 0.3) is 0 Å². The largest absolute Gasteiger partial charge is 0.508 e. The molecule has 1 saturated carbocycles. The molecule has 20 heavy (non-hydrogen) atoms. The van der Waals surface area contributed by atoms with Gasteiger partial charge in [0.05, 0.1) is 5.41 Å². The first kappa shape index (κ1) is 15.4. The summed E-state index contributed by atoms with van der Waals surface area (Å²) >= 11 is 3.52. The van der Waals surface area contributed by atoms with Crippen LogP contribution in [0.2, 0.25) is 0 Å². The average Bonchev–Trinajstić information content (AvgIpc) is 2.41. The molecule has 1 aromatic carbocycles. The molecule has 2 N–H and O–H groups in total. The molecular weight excluding hydrogens is 320 g/mol. The fourth-order valence-electron chi connectivity index (χ4n) is 3.16. The minimum atomic E-state index is -0.930. The highest BCUT2D eigenvalue weighted by Gasteiger charge is 2.43. The van der Waals surface area contributed by atoms with Crippen molar-refractivity contribution in [3.05, 3.63) is 27.7 Å². The number of hydrogen-bond acceptors (Lipinski definition) is 2. The number of benzene rings is 1. The Bertz CT molecular complexity index is 517. The van der Waals surface area contributed by atoms with E-state index in [9.17, 15) is 15.0 Å². The maximum Gasteiger partial charge on any atom is 0.314 e. The molecule has 0 amide bonds. The van der Waals surface area contributed by atoms with E-state index in [-0.39, 0.29) is 11.7 Å². The van der Waals surface area contributed by atoms with Gasteiger partial charge >= 0.3 is 5.97 Å². The van der Waals surface area contributed by atoms with Crippen molar-refractivity contribution in [3.63, 3.8) is 0 Å². The Morgan fingerprint density at radius 3 is 2.35 bits per heavy atom. The number of hydrogen-bond donors (Lipinski definition) is 2. The zero-order chi connectivity index (χ0) is 14.9. The van der Waals surface area contributed by atoms with Gasteiger partial charge in [0, 0.05) is 10.0 Å². The molecule has 1 fully saturated rings. The topological polar surface area (TPSA) is 57.5 Å². The number of carboxylic acid groups (broad SMARTS) is 1. The van der Waals surface area contributed by atoms with Crippen LogP contribution >= 0.6 is 15.9 Å². The van der Waals surface area contributed by atoms with Crippen LogP contribution in [-0.2, 0) is 10.2 Å². The first-order valence-electron chi connectivity index (χ1n) is 7.15. The Balaban J connectivity index is 2.55. The third kappa shape index (κ3) is 2.58. The normalized spacial score (nSPS) is 18.2. The Labute approximate surface area is 128 Å². The van der Waals surface area contributed by atoms with Gasteiger partial charge in [0.2, 0.25) is 0 Å². The van der Waals surface area contributed by atoms with Crippen LogP contribution < -0.4 is 0 Å². The van der Waals surface area contributed by atoms with Gasteiger partial charge in [-0.25, -0.2) is 0 Å². The van der Waals surface area contributed by atoms with Crippen molar-refractivity contribution >= 4 is 21.9 Å². The molecule has 1 aromatic rings. The third-order valence-corrected chi connectivity index (χ3v) is 5.06. The number of halogens is 1. The van der Waals surface area contributed by atoms with Gasteiger partial charge in [0.1, 0.15) is 5.75 Å². The molecule has 0 heterocycles. The molecule has 3 nitrogen and oxygen atoms in total. The SMILES string of the molecule is CC(C)c1cc(O)c(C2(C(=O)O)CCCCC2)cc1Br. The highest BCUT2D eigenvalue weighted by molar-refractivity contribution is 9.10. The molecule has 0 aliphatic heterocycles. The van der Waals surface area contributed by atoms with Gasteiger partial charge < -0.3 is 10.2 Å². The predicted octanol–water partition coefficient (Wildman–Crippen LogP) is 4.56. The summed E-state index contributed by atoms with van der Waals surface area (Å²) < 4.78 is 0.881. The van der Waals surface area contributed by atoms with Crippen LogP contribution in [0.4, 0.5) is 0 Å². The summed E-state index contributed by atoms with van der Waals surface area (Å²) in [5, 5.41) is 20.1. The van der Waals surface area contributed by atoms with Gasteiger partial charge in [-0.15, -0.1) is 0 Å². The molecule has 1 aliphatic rings. The standard InChI is InChI=1S/C16H21BrO3/c1-10(2)11-8-14(18)12(9-13(11)17)16(15(19)20)6-4-3-5-7-16/h8-10,18H,3-7H2,1-2H3,(H,19,20). The Hall–Kier alpha value is -1.03. The van der Waals surface area contributed by atoms with Crippen molar-refractivity contribution in [1.82, 2.24) is 0 Å². The van der Waals surface area contributed by atoms with Crippen LogP contribution in [0.3, 0.4) is 0 Å². The number of aromatic hydroxyl groups is 1. The van der Waals surface area contributed by atoms with Crippen molar-refractivity contribution < 1.29 is 15.0 Å². The van der Waals surface area contributed by atoms with E-state index in [1.54, 1.807) is 6.07 Å². The molecule has 110 valence electrons. The molecule has 0 spiro atoms. The van der Waals surface area contributed by atoms with Crippen LogP contribution in [0.25, 0.3) is 0 Å². The summed E-state index contributed by atoms with van der Waals surface area (Å²) in [6, 6.07) is 3.52. The summed E-state index contributed by atoms with van der Waals surface area (Å²) in [6.07, 6.45) is 4.07. The zero-order valence-electron chi connectivity index (χ0n) is 11.9. The highest BCUT2D eigenvalue weighted by Crippen LogP contribution is 2.45. The number of carboxylic acids is 1. The van der Waals surface area contributed by atoms with E-state index < -0.39 is 11.4 Å². The second-order valence-electron chi connectivity index (χ2n) is 5.99. The maximum absolute atomic E-state index is 11.8. The number of phenols is 1. The van der Waals surface area contributed by atoms with E-state index >= 15 is 0 Å². The Morgan fingerprint density at radius 2 is 1.85 bits per heavy atom. The van der Waals surface area contributed by atoms with E-state index in [0.29, 0.717) is 18.4 Å². The average molecular weight is 341 g/mol. The van der Waals surface area contributed by atoms with Gasteiger partial charge in [-0.2, -0.15) is 0 Å². The molecule has 0 aromatic heterocycles. The molecule has 0 saturated heterocycles. The monoisotopic (exact) mass is 340 g/mol. The second-order valence-corrected chi connectivity index (χ2v) is 6.85. The summed E-state index contributed by atoms with van der Waals surface area (Å²) in [5.41, 5.74) is 0.629. The van der Waals surface area contributed by atoms with Gasteiger partial charge in [0.15, 0.2) is 0 Å². The Morgan fingerprint density at radius 1 is 1.25 bits per heavy atom. The Kier molecular flexibility index (Phi) is 4.43. The molecule has 1 aliphatic carbocycles. The van der Waals surface area contributed by atoms with Crippen molar-refractivity contribution in [2.75, 3.05) is 0 Å². The fourth-order valence-corrected chi connectivity index (χ4v) is 3.96. The smallest absolute Gasteiger partial charge is 0.314 e. The third-order valence-electron chi connectivity index (χ3n) is 4.37. The lowest BCUT2D eigenvalue weighted by Crippen LogP contribution is -2.38. The number of phenolic OH excluding ortho intramolecular Hbond substituents is 1. The van der Waals surface area contributed by atoms with Crippen molar-refractivity contribution in [1.29, 1.82) is 0 Å².